The highest BCUT2D eigenvalue weighted by atomic mass is 127. The molecule has 0 aliphatic carbocycles. The Bertz CT molecular complexity index is 258. The molecule has 0 fully saturated rings. The summed E-state index contributed by atoms with van der Waals surface area (Å²) in [5, 5.41) is 0. The number of aryl methyl sites for hydroxylation is 1. The van der Waals surface area contributed by atoms with E-state index in [1.807, 2.05) is 6.07 Å². The van der Waals surface area contributed by atoms with Gasteiger partial charge in [0.2, 0.25) is 0 Å². The summed E-state index contributed by atoms with van der Waals surface area (Å²) >= 11 is 2.30. The van der Waals surface area contributed by atoms with Crippen LogP contribution >= 0.6 is 22.6 Å². The predicted molar refractivity (Wildman–Crippen MR) is 59.7 cm³/mol. The van der Waals surface area contributed by atoms with E-state index in [0.717, 1.165) is 18.8 Å². The summed E-state index contributed by atoms with van der Waals surface area (Å²) in [7, 11) is 0. The van der Waals surface area contributed by atoms with E-state index in [0.29, 0.717) is 0 Å². The molecule has 0 aliphatic rings. The maximum atomic E-state index is 5.54. The fourth-order valence-electron chi connectivity index (χ4n) is 0.987. The molecule has 0 heterocycles. The van der Waals surface area contributed by atoms with Gasteiger partial charge < -0.3 is 4.74 Å². The van der Waals surface area contributed by atoms with Crippen molar-refractivity contribution >= 4 is 22.6 Å². The Labute approximate surface area is 87.3 Å². The van der Waals surface area contributed by atoms with Crippen molar-refractivity contribution < 1.29 is 4.74 Å². The van der Waals surface area contributed by atoms with Crippen LogP contribution in [0.25, 0.3) is 0 Å². The minimum atomic E-state index is 0.807. The SMILES string of the molecule is CCCOc1ccc(I)cc1C. The van der Waals surface area contributed by atoms with Gasteiger partial charge in [0.1, 0.15) is 5.75 Å². The molecule has 0 radical (unpaired) electrons. The van der Waals surface area contributed by atoms with Crippen LogP contribution in [0.2, 0.25) is 0 Å². The molecule has 0 saturated carbocycles. The molecule has 66 valence electrons. The van der Waals surface area contributed by atoms with Crippen molar-refractivity contribution in [2.75, 3.05) is 6.61 Å². The van der Waals surface area contributed by atoms with E-state index in [1.54, 1.807) is 0 Å². The van der Waals surface area contributed by atoms with E-state index >= 15 is 0 Å². The first kappa shape index (κ1) is 9.84. The average Bonchev–Trinajstić information content (AvgIpc) is 2.03. The number of halogens is 1. The molecule has 0 amide bonds. The minimum Gasteiger partial charge on any atom is -0.493 e. The molecule has 1 aromatic carbocycles. The molecule has 12 heavy (non-hydrogen) atoms. The van der Waals surface area contributed by atoms with Gasteiger partial charge in [0, 0.05) is 3.57 Å². The van der Waals surface area contributed by atoms with Gasteiger partial charge in [-0.2, -0.15) is 0 Å². The lowest BCUT2D eigenvalue weighted by Crippen LogP contribution is -1.96. The fourth-order valence-corrected chi connectivity index (χ4v) is 1.63. The zero-order valence-electron chi connectivity index (χ0n) is 7.43. The van der Waals surface area contributed by atoms with Gasteiger partial charge in [-0.1, -0.05) is 6.92 Å². The molecule has 0 bridgehead atoms. The molecule has 2 heteroatoms. The smallest absolute Gasteiger partial charge is 0.122 e. The second-order valence-corrected chi connectivity index (χ2v) is 4.00. The van der Waals surface area contributed by atoms with Crippen LogP contribution in [0, 0.1) is 10.5 Å². The summed E-state index contributed by atoms with van der Waals surface area (Å²) in [4.78, 5) is 0. The van der Waals surface area contributed by atoms with Crippen molar-refractivity contribution in [3.8, 4) is 5.75 Å². The van der Waals surface area contributed by atoms with Crippen molar-refractivity contribution in [2.24, 2.45) is 0 Å². The van der Waals surface area contributed by atoms with Crippen LogP contribution in [0.1, 0.15) is 18.9 Å². The zero-order chi connectivity index (χ0) is 8.97. The zero-order valence-corrected chi connectivity index (χ0v) is 9.59. The van der Waals surface area contributed by atoms with Crippen LogP contribution < -0.4 is 4.74 Å². The Morgan fingerprint density at radius 1 is 1.42 bits per heavy atom. The summed E-state index contributed by atoms with van der Waals surface area (Å²) < 4.78 is 6.80. The van der Waals surface area contributed by atoms with Crippen molar-refractivity contribution in [1.82, 2.24) is 0 Å². The Morgan fingerprint density at radius 2 is 2.17 bits per heavy atom. The molecule has 0 unspecified atom stereocenters. The lowest BCUT2D eigenvalue weighted by Gasteiger charge is -2.07. The van der Waals surface area contributed by atoms with Crippen molar-refractivity contribution in [3.63, 3.8) is 0 Å². The quantitative estimate of drug-likeness (QED) is 0.769. The van der Waals surface area contributed by atoms with Crippen LogP contribution in [-0.4, -0.2) is 6.61 Å². The second-order valence-electron chi connectivity index (χ2n) is 2.76. The van der Waals surface area contributed by atoms with Crippen molar-refractivity contribution in [1.29, 1.82) is 0 Å². The third kappa shape index (κ3) is 2.66. The van der Waals surface area contributed by atoms with Gasteiger partial charge in [0.05, 0.1) is 6.61 Å². The lowest BCUT2D eigenvalue weighted by atomic mass is 10.2. The predicted octanol–water partition coefficient (Wildman–Crippen LogP) is 3.39. The van der Waals surface area contributed by atoms with Gasteiger partial charge in [0.15, 0.2) is 0 Å². The van der Waals surface area contributed by atoms with E-state index in [1.165, 1.54) is 9.13 Å². The molecular weight excluding hydrogens is 263 g/mol. The highest BCUT2D eigenvalue weighted by molar-refractivity contribution is 14.1. The summed E-state index contributed by atoms with van der Waals surface area (Å²) in [6.45, 7) is 5.00. The number of rotatable bonds is 3. The Hall–Kier alpha value is -0.250. The maximum Gasteiger partial charge on any atom is 0.122 e. The highest BCUT2D eigenvalue weighted by Gasteiger charge is 1.98. The number of ether oxygens (including phenoxy) is 1. The van der Waals surface area contributed by atoms with E-state index in [4.69, 9.17) is 4.74 Å². The normalized spacial score (nSPS) is 9.92. The Morgan fingerprint density at radius 3 is 2.75 bits per heavy atom. The number of hydrogen-bond donors (Lipinski definition) is 0. The molecule has 0 N–H and O–H groups in total. The van der Waals surface area contributed by atoms with E-state index in [9.17, 15) is 0 Å². The van der Waals surface area contributed by atoms with Gasteiger partial charge in [-0.25, -0.2) is 0 Å². The number of hydrogen-bond acceptors (Lipinski definition) is 1. The Kier molecular flexibility index (Phi) is 3.85. The van der Waals surface area contributed by atoms with E-state index in [2.05, 4.69) is 48.6 Å². The summed E-state index contributed by atoms with van der Waals surface area (Å²) in [6.07, 6.45) is 1.06. The van der Waals surface area contributed by atoms with Crippen LogP contribution in [0.4, 0.5) is 0 Å². The molecule has 0 spiro atoms. The first-order valence-electron chi connectivity index (χ1n) is 4.13. The third-order valence-electron chi connectivity index (χ3n) is 1.60. The molecule has 1 aromatic rings. The van der Waals surface area contributed by atoms with Gasteiger partial charge in [-0.05, 0) is 59.7 Å². The molecule has 0 atom stereocenters. The average molecular weight is 276 g/mol. The van der Waals surface area contributed by atoms with E-state index < -0.39 is 0 Å². The fraction of sp³-hybridized carbons (Fsp3) is 0.400. The number of benzene rings is 1. The molecule has 0 aliphatic heterocycles. The topological polar surface area (TPSA) is 9.23 Å². The third-order valence-corrected chi connectivity index (χ3v) is 2.27. The Balaban J connectivity index is 2.72. The molecule has 1 nitrogen and oxygen atoms in total. The second kappa shape index (κ2) is 4.70. The molecule has 0 saturated heterocycles. The van der Waals surface area contributed by atoms with Crippen molar-refractivity contribution in [2.45, 2.75) is 20.3 Å². The largest absolute Gasteiger partial charge is 0.493 e. The van der Waals surface area contributed by atoms with Crippen molar-refractivity contribution in [3.05, 3.63) is 27.3 Å². The van der Waals surface area contributed by atoms with Crippen LogP contribution in [0.15, 0.2) is 18.2 Å². The van der Waals surface area contributed by atoms with Gasteiger partial charge >= 0.3 is 0 Å². The van der Waals surface area contributed by atoms with Gasteiger partial charge in [-0.3, -0.25) is 0 Å². The first-order valence-corrected chi connectivity index (χ1v) is 5.21. The lowest BCUT2D eigenvalue weighted by molar-refractivity contribution is 0.315. The maximum absolute atomic E-state index is 5.54. The monoisotopic (exact) mass is 276 g/mol. The van der Waals surface area contributed by atoms with Crippen LogP contribution in [0.3, 0.4) is 0 Å². The van der Waals surface area contributed by atoms with Crippen LogP contribution in [0.5, 0.6) is 5.75 Å². The summed E-state index contributed by atoms with van der Waals surface area (Å²) in [5.41, 5.74) is 1.22. The molecule has 1 rings (SSSR count). The van der Waals surface area contributed by atoms with E-state index in [-0.39, 0.29) is 0 Å². The minimum absolute atomic E-state index is 0.807. The molecule has 0 aromatic heterocycles. The highest BCUT2D eigenvalue weighted by Crippen LogP contribution is 2.19. The van der Waals surface area contributed by atoms with Gasteiger partial charge in [-0.15, -0.1) is 0 Å². The van der Waals surface area contributed by atoms with Crippen LogP contribution in [-0.2, 0) is 0 Å². The molecular formula is C10H13IO. The summed E-state index contributed by atoms with van der Waals surface area (Å²) in [5.74, 6) is 1.01. The first-order chi connectivity index (χ1) is 5.74. The standard InChI is InChI=1S/C10H13IO/c1-3-6-12-10-5-4-9(11)7-8(10)2/h4-5,7H,3,6H2,1-2H3. The summed E-state index contributed by atoms with van der Waals surface area (Å²) in [6, 6.07) is 6.23. The van der Waals surface area contributed by atoms with Gasteiger partial charge in [0.25, 0.3) is 0 Å².